The van der Waals surface area contributed by atoms with Gasteiger partial charge in [0.25, 0.3) is 0 Å². The average Bonchev–Trinajstić information content (AvgIpc) is 3.46. The quantitative estimate of drug-likeness (QED) is 0.575. The van der Waals surface area contributed by atoms with E-state index in [9.17, 15) is 4.79 Å². The molecule has 1 aliphatic carbocycles. The molecule has 3 heterocycles. The summed E-state index contributed by atoms with van der Waals surface area (Å²) in [5, 5.41) is 3.35. The third-order valence-corrected chi connectivity index (χ3v) is 6.59. The zero-order valence-electron chi connectivity index (χ0n) is 19.6. The van der Waals surface area contributed by atoms with E-state index in [1.807, 2.05) is 26.5 Å². The van der Waals surface area contributed by atoms with Gasteiger partial charge in [-0.25, -0.2) is 14.8 Å². The number of hydrogen-bond donors (Lipinski definition) is 1. The molecule has 33 heavy (non-hydrogen) atoms. The normalized spacial score (nSPS) is 19.4. The van der Waals surface area contributed by atoms with Crippen LogP contribution in [0.2, 0.25) is 0 Å². The molecule has 8 nitrogen and oxygen atoms in total. The monoisotopic (exact) mass is 445 g/mol. The van der Waals surface area contributed by atoms with Crippen molar-refractivity contribution in [3.05, 3.63) is 60.3 Å². The maximum atomic E-state index is 12.7. The van der Waals surface area contributed by atoms with Gasteiger partial charge in [0.05, 0.1) is 24.1 Å². The molecule has 3 aromatic rings. The fourth-order valence-electron chi connectivity index (χ4n) is 4.42. The second kappa shape index (κ2) is 8.50. The molecule has 0 radical (unpaired) electrons. The van der Waals surface area contributed by atoms with Crippen molar-refractivity contribution >= 4 is 17.8 Å². The highest BCUT2D eigenvalue weighted by Gasteiger charge is 2.38. The van der Waals surface area contributed by atoms with Crippen molar-refractivity contribution < 1.29 is 4.79 Å². The number of urea groups is 1. The summed E-state index contributed by atoms with van der Waals surface area (Å²) in [6, 6.07) is 10.4. The number of aromatic nitrogens is 4. The highest BCUT2D eigenvalue weighted by molar-refractivity contribution is 5.94. The van der Waals surface area contributed by atoms with Gasteiger partial charge >= 0.3 is 6.03 Å². The first-order valence-electron chi connectivity index (χ1n) is 11.7. The molecular formula is C25H31N7O. The van der Waals surface area contributed by atoms with Crippen LogP contribution in [0.5, 0.6) is 0 Å². The van der Waals surface area contributed by atoms with Gasteiger partial charge in [0.1, 0.15) is 5.82 Å². The van der Waals surface area contributed by atoms with Crippen LogP contribution in [0.4, 0.5) is 16.6 Å². The Morgan fingerprint density at radius 3 is 2.70 bits per heavy atom. The van der Waals surface area contributed by atoms with Crippen molar-refractivity contribution in [2.24, 2.45) is 5.92 Å². The third kappa shape index (κ3) is 4.29. The average molecular weight is 446 g/mol. The number of nitrogens with zero attached hydrogens (tertiary/aromatic N) is 6. The van der Waals surface area contributed by atoms with E-state index in [4.69, 9.17) is 0 Å². The zero-order valence-corrected chi connectivity index (χ0v) is 19.6. The maximum absolute atomic E-state index is 12.7. The van der Waals surface area contributed by atoms with E-state index < -0.39 is 0 Å². The fraction of sp³-hybridized carbons (Fsp3) is 0.440. The van der Waals surface area contributed by atoms with Gasteiger partial charge in [-0.3, -0.25) is 4.90 Å². The first-order chi connectivity index (χ1) is 15.9. The summed E-state index contributed by atoms with van der Waals surface area (Å²) in [6.45, 7) is 6.99. The molecule has 1 saturated heterocycles. The lowest BCUT2D eigenvalue weighted by Crippen LogP contribution is -2.38. The fourth-order valence-corrected chi connectivity index (χ4v) is 4.42. The van der Waals surface area contributed by atoms with Crippen LogP contribution in [-0.4, -0.2) is 50.1 Å². The first-order valence-corrected chi connectivity index (χ1v) is 11.7. The zero-order chi connectivity index (χ0) is 23.1. The second-order valence-corrected chi connectivity index (χ2v) is 9.52. The molecule has 1 unspecified atom stereocenters. The lowest BCUT2D eigenvalue weighted by molar-refractivity contribution is 0.229. The number of likely N-dealkylation sites (N-methyl/N-ethyl adjacent to an activating group) is 1. The van der Waals surface area contributed by atoms with Gasteiger partial charge in [-0.2, -0.15) is 4.98 Å². The van der Waals surface area contributed by atoms with Gasteiger partial charge in [-0.1, -0.05) is 26.0 Å². The highest BCUT2D eigenvalue weighted by atomic mass is 16.2. The summed E-state index contributed by atoms with van der Waals surface area (Å²) in [6.07, 6.45) is 8.16. The van der Waals surface area contributed by atoms with Crippen LogP contribution in [0.25, 0.3) is 5.69 Å². The molecule has 2 aromatic heterocycles. The van der Waals surface area contributed by atoms with Crippen molar-refractivity contribution in [1.82, 2.24) is 24.4 Å². The van der Waals surface area contributed by atoms with Gasteiger partial charge < -0.3 is 14.8 Å². The van der Waals surface area contributed by atoms with Crippen molar-refractivity contribution in [1.29, 1.82) is 0 Å². The predicted molar refractivity (Wildman–Crippen MR) is 129 cm³/mol. The molecule has 2 aliphatic rings. The smallest absolute Gasteiger partial charge is 0.325 e. The van der Waals surface area contributed by atoms with Gasteiger partial charge in [0.2, 0.25) is 5.95 Å². The molecule has 1 aliphatic heterocycles. The van der Waals surface area contributed by atoms with Crippen LogP contribution in [0, 0.1) is 5.92 Å². The Labute approximate surface area is 194 Å². The number of nitrogens with one attached hydrogen (secondary N) is 1. The third-order valence-electron chi connectivity index (χ3n) is 6.59. The molecule has 1 saturated carbocycles. The number of carbonyl (C=O) groups excluding carboxylic acids is 1. The Hall–Kier alpha value is -3.42. The van der Waals surface area contributed by atoms with E-state index in [1.165, 1.54) is 18.4 Å². The SMILES string of the molecule is CC(C)C1CN(C)C(=O)N1c1ccnc(N[C@@H](C)c2cn(-c3cccc(C4CC4)c3)cn2)n1. The molecule has 0 spiro atoms. The molecular weight excluding hydrogens is 414 g/mol. The second-order valence-electron chi connectivity index (χ2n) is 9.52. The number of benzene rings is 1. The molecule has 172 valence electrons. The summed E-state index contributed by atoms with van der Waals surface area (Å²) in [5.41, 5.74) is 3.43. The van der Waals surface area contributed by atoms with Gasteiger partial charge in [0.15, 0.2) is 0 Å². The summed E-state index contributed by atoms with van der Waals surface area (Å²) >= 11 is 0. The van der Waals surface area contributed by atoms with Crippen LogP contribution in [-0.2, 0) is 0 Å². The minimum atomic E-state index is -0.0917. The van der Waals surface area contributed by atoms with Crippen LogP contribution in [0.3, 0.4) is 0 Å². The number of anilines is 2. The largest absolute Gasteiger partial charge is 0.346 e. The van der Waals surface area contributed by atoms with E-state index in [0.29, 0.717) is 24.2 Å². The standard InChI is InChI=1S/C25H31N7O/c1-16(2)22-14-30(4)25(33)32(22)23-10-11-26-24(29-23)28-17(3)21-13-31(15-27-21)20-7-5-6-19(12-20)18-8-9-18/h5-7,10-13,15-18,22H,8-9,14H2,1-4H3,(H,26,28,29)/t17-,22?/m0/s1. The molecule has 1 aromatic carbocycles. The molecule has 2 fully saturated rings. The number of hydrogen-bond acceptors (Lipinski definition) is 5. The van der Waals surface area contributed by atoms with E-state index in [0.717, 1.165) is 17.3 Å². The number of amides is 2. The van der Waals surface area contributed by atoms with Crippen molar-refractivity contribution in [2.75, 3.05) is 23.8 Å². The number of imidazole rings is 1. The molecule has 5 rings (SSSR count). The van der Waals surface area contributed by atoms with E-state index >= 15 is 0 Å². The highest BCUT2D eigenvalue weighted by Crippen LogP contribution is 2.40. The minimum absolute atomic E-state index is 0.0291. The van der Waals surface area contributed by atoms with E-state index in [1.54, 1.807) is 22.1 Å². The Balaban J connectivity index is 1.32. The van der Waals surface area contributed by atoms with Gasteiger partial charge in [-0.15, -0.1) is 0 Å². The summed E-state index contributed by atoms with van der Waals surface area (Å²) in [4.78, 5) is 29.9. The Morgan fingerprint density at radius 2 is 1.94 bits per heavy atom. The maximum Gasteiger partial charge on any atom is 0.325 e. The summed E-state index contributed by atoms with van der Waals surface area (Å²) < 4.78 is 2.06. The van der Waals surface area contributed by atoms with Gasteiger partial charge in [0, 0.05) is 31.7 Å². The molecule has 8 heteroatoms. The number of carbonyl (C=O) groups is 1. The molecule has 2 amide bonds. The molecule has 1 N–H and O–H groups in total. The van der Waals surface area contributed by atoms with Crippen molar-refractivity contribution in [2.45, 2.75) is 51.6 Å². The first kappa shape index (κ1) is 21.4. The van der Waals surface area contributed by atoms with E-state index in [2.05, 4.69) is 62.9 Å². The van der Waals surface area contributed by atoms with Crippen LogP contribution >= 0.6 is 0 Å². The minimum Gasteiger partial charge on any atom is -0.346 e. The summed E-state index contributed by atoms with van der Waals surface area (Å²) in [7, 11) is 1.83. The Kier molecular flexibility index (Phi) is 5.52. The van der Waals surface area contributed by atoms with Crippen molar-refractivity contribution in [3.8, 4) is 5.69 Å². The number of rotatable bonds is 7. The van der Waals surface area contributed by atoms with Crippen LogP contribution in [0.15, 0.2) is 49.1 Å². The van der Waals surface area contributed by atoms with E-state index in [-0.39, 0.29) is 18.1 Å². The lowest BCUT2D eigenvalue weighted by Gasteiger charge is -2.25. The molecule has 2 atom stereocenters. The Bertz CT molecular complexity index is 1150. The van der Waals surface area contributed by atoms with Gasteiger partial charge in [-0.05, 0) is 55.4 Å². The van der Waals surface area contributed by atoms with Crippen molar-refractivity contribution in [3.63, 3.8) is 0 Å². The lowest BCUT2D eigenvalue weighted by atomic mass is 10.0. The molecule has 0 bridgehead atoms. The summed E-state index contributed by atoms with van der Waals surface area (Å²) in [5.74, 6) is 2.15. The predicted octanol–water partition coefficient (Wildman–Crippen LogP) is 4.61. The van der Waals surface area contributed by atoms with Crippen LogP contribution < -0.4 is 10.2 Å². The van der Waals surface area contributed by atoms with Crippen LogP contribution in [0.1, 0.15) is 56.8 Å². The topological polar surface area (TPSA) is 79.2 Å². The Morgan fingerprint density at radius 1 is 1.12 bits per heavy atom.